The Morgan fingerprint density at radius 2 is 2.14 bits per heavy atom. The van der Waals surface area contributed by atoms with Gasteiger partial charge in [0.15, 0.2) is 11.7 Å². The molecule has 7 nitrogen and oxygen atoms in total. The normalized spacial score (nSPS) is 10.3. The number of hydrogen-bond donors (Lipinski definition) is 3. The lowest BCUT2D eigenvalue weighted by Gasteiger charge is -2.05. The van der Waals surface area contributed by atoms with Crippen LogP contribution in [0.15, 0.2) is 29.4 Å². The predicted molar refractivity (Wildman–Crippen MR) is 82.8 cm³/mol. The fourth-order valence-electron chi connectivity index (χ4n) is 1.27. The number of methoxy groups -OCH3 is 1. The Morgan fingerprint density at radius 1 is 1.43 bits per heavy atom. The monoisotopic (exact) mass is 311 g/mol. The van der Waals surface area contributed by atoms with Crippen molar-refractivity contribution in [1.29, 1.82) is 0 Å². The molecular weight excluding hydrogens is 294 g/mol. The number of carboxylic acid groups (broad SMARTS) is 1. The van der Waals surface area contributed by atoms with Crippen LogP contribution in [0.3, 0.4) is 0 Å². The van der Waals surface area contributed by atoms with Gasteiger partial charge in [-0.05, 0) is 42.0 Å². The van der Waals surface area contributed by atoms with Crippen molar-refractivity contribution in [2.24, 2.45) is 5.10 Å². The Bertz CT molecular complexity index is 491. The van der Waals surface area contributed by atoms with E-state index in [1.165, 1.54) is 0 Å². The van der Waals surface area contributed by atoms with E-state index in [0.29, 0.717) is 24.0 Å². The van der Waals surface area contributed by atoms with Crippen LogP contribution >= 0.6 is 12.2 Å². The third-order valence-corrected chi connectivity index (χ3v) is 2.45. The van der Waals surface area contributed by atoms with Crippen molar-refractivity contribution in [2.75, 3.05) is 26.9 Å². The lowest BCUT2D eigenvalue weighted by atomic mass is 10.2. The molecule has 0 saturated carbocycles. The first-order valence-electron chi connectivity index (χ1n) is 6.12. The van der Waals surface area contributed by atoms with E-state index in [0.717, 1.165) is 5.56 Å². The molecule has 0 atom stereocenters. The minimum Gasteiger partial charge on any atom is -0.482 e. The molecule has 0 heterocycles. The summed E-state index contributed by atoms with van der Waals surface area (Å²) >= 11 is 5.00. The molecule has 1 rings (SSSR count). The molecule has 0 spiro atoms. The van der Waals surface area contributed by atoms with Gasteiger partial charge in [0.25, 0.3) is 0 Å². The molecule has 1 aromatic carbocycles. The van der Waals surface area contributed by atoms with E-state index >= 15 is 0 Å². The molecular formula is C13H17N3O4S. The molecule has 8 heteroatoms. The molecule has 0 aliphatic heterocycles. The molecule has 1 aromatic rings. The summed E-state index contributed by atoms with van der Waals surface area (Å²) in [6.45, 7) is 0.799. The molecule has 0 unspecified atom stereocenters. The summed E-state index contributed by atoms with van der Waals surface area (Å²) in [7, 11) is 1.61. The second kappa shape index (κ2) is 9.67. The van der Waals surface area contributed by atoms with Crippen LogP contribution in [-0.2, 0) is 9.53 Å². The van der Waals surface area contributed by atoms with E-state index in [9.17, 15) is 4.79 Å². The minimum absolute atomic E-state index is 0.365. The van der Waals surface area contributed by atoms with E-state index in [4.69, 9.17) is 26.8 Å². The van der Waals surface area contributed by atoms with Crippen LogP contribution in [0.5, 0.6) is 5.75 Å². The first-order valence-corrected chi connectivity index (χ1v) is 6.53. The Labute approximate surface area is 127 Å². The third kappa shape index (κ3) is 7.85. The van der Waals surface area contributed by atoms with E-state index in [2.05, 4.69) is 15.8 Å². The number of hydrogen-bond acceptors (Lipinski definition) is 5. The van der Waals surface area contributed by atoms with Gasteiger partial charge in [0.05, 0.1) is 12.8 Å². The fourth-order valence-corrected chi connectivity index (χ4v) is 1.42. The van der Waals surface area contributed by atoms with Crippen LogP contribution in [0.25, 0.3) is 0 Å². The van der Waals surface area contributed by atoms with Gasteiger partial charge in [0, 0.05) is 13.7 Å². The molecule has 0 fully saturated rings. The van der Waals surface area contributed by atoms with Gasteiger partial charge in [0.1, 0.15) is 5.75 Å². The molecule has 0 saturated heterocycles. The molecule has 0 aromatic heterocycles. The van der Waals surface area contributed by atoms with Crippen LogP contribution in [0, 0.1) is 0 Å². The van der Waals surface area contributed by atoms with Crippen LogP contribution in [0.1, 0.15) is 5.56 Å². The molecule has 0 radical (unpaired) electrons. The molecule has 0 amide bonds. The number of thiocarbonyl (C=S) groups is 1. The third-order valence-electron chi connectivity index (χ3n) is 2.21. The number of rotatable bonds is 8. The summed E-state index contributed by atoms with van der Waals surface area (Å²) in [5.74, 6) is -0.529. The fraction of sp³-hybridized carbons (Fsp3) is 0.308. The molecule has 0 bridgehead atoms. The van der Waals surface area contributed by atoms with E-state index < -0.39 is 5.97 Å². The Morgan fingerprint density at radius 3 is 2.76 bits per heavy atom. The number of benzene rings is 1. The Kier molecular flexibility index (Phi) is 7.77. The maximum Gasteiger partial charge on any atom is 0.341 e. The van der Waals surface area contributed by atoms with Crippen molar-refractivity contribution in [3.05, 3.63) is 29.8 Å². The van der Waals surface area contributed by atoms with Crippen molar-refractivity contribution >= 4 is 29.5 Å². The molecule has 3 N–H and O–H groups in total. The smallest absolute Gasteiger partial charge is 0.341 e. The maximum atomic E-state index is 10.4. The average molecular weight is 311 g/mol. The summed E-state index contributed by atoms with van der Waals surface area (Å²) in [6, 6.07) is 6.84. The molecule has 21 heavy (non-hydrogen) atoms. The van der Waals surface area contributed by atoms with E-state index in [1.54, 1.807) is 37.6 Å². The highest BCUT2D eigenvalue weighted by atomic mass is 32.1. The van der Waals surface area contributed by atoms with Crippen LogP contribution in [-0.4, -0.2) is 49.3 Å². The van der Waals surface area contributed by atoms with Gasteiger partial charge in [0.2, 0.25) is 0 Å². The lowest BCUT2D eigenvalue weighted by molar-refractivity contribution is -0.139. The summed E-state index contributed by atoms with van der Waals surface area (Å²) < 4.78 is 9.89. The quantitative estimate of drug-likeness (QED) is 0.280. The lowest BCUT2D eigenvalue weighted by Crippen LogP contribution is -2.34. The highest BCUT2D eigenvalue weighted by molar-refractivity contribution is 7.80. The maximum absolute atomic E-state index is 10.4. The second-order valence-corrected chi connectivity index (χ2v) is 4.28. The average Bonchev–Trinajstić information content (AvgIpc) is 2.46. The molecule has 0 aliphatic rings. The summed E-state index contributed by atoms with van der Waals surface area (Å²) in [4.78, 5) is 10.4. The second-order valence-electron chi connectivity index (χ2n) is 3.87. The van der Waals surface area contributed by atoms with Crippen molar-refractivity contribution in [2.45, 2.75) is 0 Å². The van der Waals surface area contributed by atoms with Crippen molar-refractivity contribution in [1.82, 2.24) is 10.7 Å². The van der Waals surface area contributed by atoms with Crippen LogP contribution < -0.4 is 15.5 Å². The SMILES string of the molecule is COCCNC(=S)N/N=C\c1ccc(OCC(=O)O)cc1. The number of aliphatic carboxylic acids is 1. The zero-order valence-electron chi connectivity index (χ0n) is 11.5. The predicted octanol–water partition coefficient (Wildman–Crippen LogP) is 0.594. The number of carboxylic acids is 1. The molecule has 114 valence electrons. The van der Waals surface area contributed by atoms with Crippen LogP contribution in [0.2, 0.25) is 0 Å². The Hall–Kier alpha value is -2.19. The summed E-state index contributed by atoms with van der Waals surface area (Å²) in [5.41, 5.74) is 3.49. The zero-order chi connectivity index (χ0) is 15.5. The van der Waals surface area contributed by atoms with Crippen molar-refractivity contribution in [3.63, 3.8) is 0 Å². The largest absolute Gasteiger partial charge is 0.482 e. The van der Waals surface area contributed by atoms with Gasteiger partial charge in [-0.25, -0.2) is 4.79 Å². The van der Waals surface area contributed by atoms with Gasteiger partial charge in [-0.3, -0.25) is 5.43 Å². The number of carbonyl (C=O) groups is 1. The number of nitrogens with zero attached hydrogens (tertiary/aromatic N) is 1. The standard InChI is InChI=1S/C13H17N3O4S/c1-19-7-6-14-13(21)16-15-8-10-2-4-11(5-3-10)20-9-12(17)18/h2-5,8H,6-7,9H2,1H3,(H,17,18)(H2,14,16,21)/b15-8-. The highest BCUT2D eigenvalue weighted by Crippen LogP contribution is 2.10. The minimum atomic E-state index is -1.01. The van der Waals surface area contributed by atoms with Gasteiger partial charge >= 0.3 is 5.97 Å². The van der Waals surface area contributed by atoms with Crippen molar-refractivity contribution in [3.8, 4) is 5.75 Å². The van der Waals surface area contributed by atoms with Crippen LogP contribution in [0.4, 0.5) is 0 Å². The van der Waals surface area contributed by atoms with E-state index in [1.807, 2.05) is 0 Å². The number of nitrogens with one attached hydrogen (secondary N) is 2. The van der Waals surface area contributed by atoms with Gasteiger partial charge < -0.3 is 19.9 Å². The number of ether oxygens (including phenoxy) is 2. The Balaban J connectivity index is 2.35. The zero-order valence-corrected chi connectivity index (χ0v) is 12.4. The summed E-state index contributed by atoms with van der Waals surface area (Å²) in [5, 5.41) is 15.8. The highest BCUT2D eigenvalue weighted by Gasteiger charge is 1.98. The van der Waals surface area contributed by atoms with Gasteiger partial charge in [-0.15, -0.1) is 0 Å². The topological polar surface area (TPSA) is 92.2 Å². The first-order chi connectivity index (χ1) is 10.1. The summed E-state index contributed by atoms with van der Waals surface area (Å²) in [6.07, 6.45) is 1.59. The van der Waals surface area contributed by atoms with E-state index in [-0.39, 0.29) is 6.61 Å². The molecule has 0 aliphatic carbocycles. The van der Waals surface area contributed by atoms with Gasteiger partial charge in [-0.1, -0.05) is 0 Å². The van der Waals surface area contributed by atoms with Gasteiger partial charge in [-0.2, -0.15) is 5.10 Å². The first kappa shape index (κ1) is 16.9. The van der Waals surface area contributed by atoms with Crippen molar-refractivity contribution < 1.29 is 19.4 Å². The number of hydrazone groups is 1.